The number of aromatic nitrogens is 1. The largest absolute Gasteiger partial charge is 0.382 e. The Kier molecular flexibility index (Phi) is 4.01. The molecule has 1 aromatic carbocycles. The first kappa shape index (κ1) is 13.4. The van der Waals surface area contributed by atoms with Crippen molar-refractivity contribution < 1.29 is 4.79 Å². The number of amides is 1. The van der Waals surface area contributed by atoms with E-state index in [2.05, 4.69) is 28.7 Å². The van der Waals surface area contributed by atoms with Crippen LogP contribution < -0.4 is 16.8 Å². The Hall–Kier alpha value is -2.08. The van der Waals surface area contributed by atoms with E-state index in [9.17, 15) is 4.79 Å². The maximum absolute atomic E-state index is 11.3. The van der Waals surface area contributed by atoms with Gasteiger partial charge < -0.3 is 16.8 Å². The number of hydrogen-bond acceptors (Lipinski definition) is 5. The van der Waals surface area contributed by atoms with E-state index >= 15 is 0 Å². The Morgan fingerprint density at radius 1 is 1.42 bits per heavy atom. The van der Waals surface area contributed by atoms with Gasteiger partial charge in [-0.3, -0.25) is 4.79 Å². The van der Waals surface area contributed by atoms with Crippen molar-refractivity contribution in [2.24, 2.45) is 5.73 Å². The molecule has 0 aliphatic rings. The minimum atomic E-state index is -0.551. The van der Waals surface area contributed by atoms with Crippen LogP contribution in [-0.4, -0.2) is 16.8 Å². The highest BCUT2D eigenvalue weighted by molar-refractivity contribution is 7.11. The summed E-state index contributed by atoms with van der Waals surface area (Å²) in [5.41, 5.74) is 13.7. The number of nitrogens with zero attached hydrogens (tertiary/aromatic N) is 1. The van der Waals surface area contributed by atoms with Gasteiger partial charge in [0, 0.05) is 6.54 Å². The second-order valence-electron chi connectivity index (χ2n) is 4.24. The van der Waals surface area contributed by atoms with Gasteiger partial charge in [-0.25, -0.2) is 0 Å². The van der Waals surface area contributed by atoms with E-state index in [0.717, 1.165) is 18.0 Å². The van der Waals surface area contributed by atoms with Crippen molar-refractivity contribution in [2.75, 3.05) is 17.6 Å². The Balaban J connectivity index is 2.00. The Bertz CT molecular complexity index is 594. The van der Waals surface area contributed by atoms with Gasteiger partial charge >= 0.3 is 0 Å². The number of carbonyl (C=O) groups excluding carboxylic acids is 1. The van der Waals surface area contributed by atoms with E-state index < -0.39 is 5.91 Å². The van der Waals surface area contributed by atoms with Crippen molar-refractivity contribution in [1.29, 1.82) is 0 Å². The number of carbonyl (C=O) groups is 1. The molecule has 5 nitrogen and oxygen atoms in total. The van der Waals surface area contributed by atoms with Crippen molar-refractivity contribution >= 4 is 28.3 Å². The number of hydrogen-bond donors (Lipinski definition) is 3. The molecule has 0 bridgehead atoms. The van der Waals surface area contributed by atoms with Crippen LogP contribution in [0.3, 0.4) is 0 Å². The summed E-state index contributed by atoms with van der Waals surface area (Å²) in [6.45, 7) is 2.78. The van der Waals surface area contributed by atoms with Crippen LogP contribution in [0.5, 0.6) is 0 Å². The van der Waals surface area contributed by atoms with Crippen LogP contribution in [0.4, 0.5) is 10.8 Å². The summed E-state index contributed by atoms with van der Waals surface area (Å²) >= 11 is 1.16. The molecular weight excluding hydrogens is 260 g/mol. The monoisotopic (exact) mass is 276 g/mol. The van der Waals surface area contributed by atoms with E-state index in [0.29, 0.717) is 11.5 Å². The number of benzene rings is 1. The molecular formula is C13H16N4OS. The fourth-order valence-electron chi connectivity index (χ4n) is 1.86. The van der Waals surface area contributed by atoms with Crippen LogP contribution in [-0.2, 0) is 6.42 Å². The highest BCUT2D eigenvalue weighted by Gasteiger charge is 2.16. The lowest BCUT2D eigenvalue weighted by Crippen LogP contribution is -2.15. The molecule has 1 aromatic heterocycles. The van der Waals surface area contributed by atoms with Crippen molar-refractivity contribution in [3.63, 3.8) is 0 Å². The molecule has 19 heavy (non-hydrogen) atoms. The highest BCUT2D eigenvalue weighted by atomic mass is 32.1. The van der Waals surface area contributed by atoms with E-state index in [1.54, 1.807) is 0 Å². The molecule has 0 fully saturated rings. The number of aryl methyl sites for hydroxylation is 1. The van der Waals surface area contributed by atoms with Crippen molar-refractivity contribution in [3.8, 4) is 0 Å². The second kappa shape index (κ2) is 5.71. The predicted molar refractivity (Wildman–Crippen MR) is 78.4 cm³/mol. The highest BCUT2D eigenvalue weighted by Crippen LogP contribution is 2.26. The van der Waals surface area contributed by atoms with Gasteiger partial charge in [-0.15, -0.1) is 0 Å². The van der Waals surface area contributed by atoms with Gasteiger partial charge in [-0.2, -0.15) is 4.37 Å². The van der Waals surface area contributed by atoms with Gasteiger partial charge in [0.15, 0.2) is 5.82 Å². The first-order valence-corrected chi connectivity index (χ1v) is 6.70. The molecule has 0 spiro atoms. The normalized spacial score (nSPS) is 10.4. The molecule has 0 saturated heterocycles. The Labute approximate surface area is 115 Å². The average Bonchev–Trinajstić information content (AvgIpc) is 2.73. The molecule has 0 saturated carbocycles. The molecule has 5 N–H and O–H groups in total. The molecule has 0 aliphatic heterocycles. The van der Waals surface area contributed by atoms with E-state index in [4.69, 9.17) is 11.5 Å². The van der Waals surface area contributed by atoms with Gasteiger partial charge in [0.2, 0.25) is 0 Å². The van der Waals surface area contributed by atoms with Crippen LogP contribution in [0.2, 0.25) is 0 Å². The zero-order valence-electron chi connectivity index (χ0n) is 10.6. The van der Waals surface area contributed by atoms with Crippen LogP contribution in [0.1, 0.15) is 21.5 Å². The fourth-order valence-corrected chi connectivity index (χ4v) is 2.61. The van der Waals surface area contributed by atoms with Crippen molar-refractivity contribution in [3.05, 3.63) is 41.0 Å². The summed E-state index contributed by atoms with van der Waals surface area (Å²) in [7, 11) is 0. The molecule has 1 amide bonds. The van der Waals surface area contributed by atoms with Gasteiger partial charge in [-0.1, -0.05) is 24.3 Å². The number of nitrogens with two attached hydrogens (primary N) is 2. The molecule has 0 radical (unpaired) electrons. The van der Waals surface area contributed by atoms with Gasteiger partial charge in [0.1, 0.15) is 10.6 Å². The lowest BCUT2D eigenvalue weighted by molar-refractivity contribution is 0.100. The predicted octanol–water partition coefficient (Wildman–Crippen LogP) is 1.79. The average molecular weight is 276 g/mol. The third kappa shape index (κ3) is 3.03. The summed E-state index contributed by atoms with van der Waals surface area (Å²) in [5, 5.41) is 3.80. The molecule has 2 rings (SSSR count). The fraction of sp³-hybridized carbons (Fsp3) is 0.231. The topological polar surface area (TPSA) is 94.0 Å². The van der Waals surface area contributed by atoms with Crippen LogP contribution >= 0.6 is 11.5 Å². The van der Waals surface area contributed by atoms with E-state index in [-0.39, 0.29) is 11.4 Å². The molecule has 100 valence electrons. The zero-order valence-corrected chi connectivity index (χ0v) is 11.5. The third-order valence-electron chi connectivity index (χ3n) is 2.91. The minimum Gasteiger partial charge on any atom is -0.382 e. The lowest BCUT2D eigenvalue weighted by Gasteiger charge is -2.07. The van der Waals surface area contributed by atoms with Gasteiger partial charge in [0.05, 0.1) is 0 Å². The number of primary amides is 1. The smallest absolute Gasteiger partial charge is 0.255 e. The molecule has 1 heterocycles. The first-order chi connectivity index (χ1) is 9.09. The van der Waals surface area contributed by atoms with E-state index in [1.807, 2.05) is 12.1 Å². The quantitative estimate of drug-likeness (QED) is 0.776. The third-order valence-corrected chi connectivity index (χ3v) is 3.73. The number of nitrogens with one attached hydrogen (secondary N) is 1. The first-order valence-electron chi connectivity index (χ1n) is 5.93. The summed E-state index contributed by atoms with van der Waals surface area (Å²) in [5.74, 6) is -0.361. The van der Waals surface area contributed by atoms with Crippen molar-refractivity contribution in [1.82, 2.24) is 4.37 Å². The summed E-state index contributed by atoms with van der Waals surface area (Å²) in [6.07, 6.45) is 0.864. The minimum absolute atomic E-state index is 0.191. The van der Waals surface area contributed by atoms with Crippen LogP contribution in [0.25, 0.3) is 0 Å². The molecule has 2 aromatic rings. The lowest BCUT2D eigenvalue weighted by atomic mass is 10.1. The SMILES string of the molecule is Cc1ccccc1CCNc1snc(N)c1C(N)=O. The Morgan fingerprint density at radius 2 is 2.16 bits per heavy atom. The standard InChI is InChI=1S/C13H16N4OS/c1-8-4-2-3-5-9(8)6-7-16-13-10(12(15)18)11(14)17-19-13/h2-5,16H,6-7H2,1H3,(H2,14,17)(H2,15,18). The summed E-state index contributed by atoms with van der Waals surface area (Å²) < 4.78 is 3.94. The van der Waals surface area contributed by atoms with Gasteiger partial charge in [0.25, 0.3) is 5.91 Å². The second-order valence-corrected chi connectivity index (χ2v) is 5.01. The summed E-state index contributed by atoms with van der Waals surface area (Å²) in [4.78, 5) is 11.3. The molecule has 0 aliphatic carbocycles. The number of nitrogen functional groups attached to an aromatic ring is 1. The molecule has 0 unspecified atom stereocenters. The summed E-state index contributed by atoms with van der Waals surface area (Å²) in [6, 6.07) is 8.20. The molecule has 6 heteroatoms. The number of anilines is 2. The maximum atomic E-state index is 11.3. The maximum Gasteiger partial charge on any atom is 0.255 e. The Morgan fingerprint density at radius 3 is 2.84 bits per heavy atom. The van der Waals surface area contributed by atoms with Gasteiger partial charge in [-0.05, 0) is 36.0 Å². The van der Waals surface area contributed by atoms with Crippen molar-refractivity contribution in [2.45, 2.75) is 13.3 Å². The number of rotatable bonds is 5. The van der Waals surface area contributed by atoms with Crippen LogP contribution in [0.15, 0.2) is 24.3 Å². The van der Waals surface area contributed by atoms with E-state index in [1.165, 1.54) is 11.1 Å². The zero-order chi connectivity index (χ0) is 13.8. The van der Waals surface area contributed by atoms with Crippen LogP contribution in [0, 0.1) is 6.92 Å². The molecule has 0 atom stereocenters.